The van der Waals surface area contributed by atoms with Crippen molar-refractivity contribution < 1.29 is 23.1 Å². The van der Waals surface area contributed by atoms with Crippen molar-refractivity contribution in [2.24, 2.45) is 0 Å². The molecule has 0 saturated heterocycles. The van der Waals surface area contributed by atoms with Crippen LogP contribution in [0.5, 0.6) is 0 Å². The molecule has 0 saturated carbocycles. The van der Waals surface area contributed by atoms with E-state index in [0.717, 1.165) is 5.56 Å². The molecule has 0 unspecified atom stereocenters. The lowest BCUT2D eigenvalue weighted by molar-refractivity contribution is 0.0697. The van der Waals surface area contributed by atoms with Crippen molar-refractivity contribution in [3.05, 3.63) is 59.7 Å². The third-order valence-corrected chi connectivity index (χ3v) is 5.62. The van der Waals surface area contributed by atoms with E-state index in [4.69, 9.17) is 4.74 Å². The second-order valence-corrected chi connectivity index (χ2v) is 8.00. The molecule has 0 aliphatic carbocycles. The van der Waals surface area contributed by atoms with E-state index in [1.54, 1.807) is 0 Å². The average molecular weight is 407 g/mol. The van der Waals surface area contributed by atoms with Crippen LogP contribution in [0.15, 0.2) is 53.4 Å². The molecule has 0 heterocycles. The van der Waals surface area contributed by atoms with Gasteiger partial charge in [-0.2, -0.15) is 0 Å². The van der Waals surface area contributed by atoms with Crippen LogP contribution in [0, 0.1) is 0 Å². The van der Waals surface area contributed by atoms with Gasteiger partial charge in [0, 0.05) is 31.5 Å². The SMILES string of the molecule is CCOCCCNS(=O)(=O)c1ccc(N[C@H](C)c2ccccc2)c(C(=O)O)c1. The summed E-state index contributed by atoms with van der Waals surface area (Å²) in [6.07, 6.45) is 0.535. The second kappa shape index (κ2) is 10.2. The lowest BCUT2D eigenvalue weighted by Gasteiger charge is -2.18. The van der Waals surface area contributed by atoms with E-state index in [1.165, 1.54) is 18.2 Å². The van der Waals surface area contributed by atoms with Crippen LogP contribution in [0.3, 0.4) is 0 Å². The summed E-state index contributed by atoms with van der Waals surface area (Å²) in [4.78, 5) is 11.6. The van der Waals surface area contributed by atoms with Crippen LogP contribution < -0.4 is 10.0 Å². The number of ether oxygens (including phenoxy) is 1. The Labute approximate surface area is 165 Å². The number of carbonyl (C=O) groups is 1. The van der Waals surface area contributed by atoms with E-state index in [9.17, 15) is 18.3 Å². The molecule has 2 rings (SSSR count). The van der Waals surface area contributed by atoms with Crippen molar-refractivity contribution >= 4 is 21.7 Å². The molecule has 28 heavy (non-hydrogen) atoms. The van der Waals surface area contributed by atoms with Crippen LogP contribution in [0.1, 0.15) is 42.2 Å². The zero-order chi connectivity index (χ0) is 20.6. The minimum Gasteiger partial charge on any atom is -0.478 e. The Balaban J connectivity index is 2.16. The molecule has 2 aromatic rings. The molecule has 0 radical (unpaired) electrons. The minimum atomic E-state index is -3.80. The van der Waals surface area contributed by atoms with Crippen molar-refractivity contribution in [2.45, 2.75) is 31.2 Å². The highest BCUT2D eigenvalue weighted by Gasteiger charge is 2.19. The van der Waals surface area contributed by atoms with Gasteiger partial charge in [0.2, 0.25) is 10.0 Å². The number of sulfonamides is 1. The summed E-state index contributed by atoms with van der Waals surface area (Å²) in [6, 6.07) is 13.5. The molecule has 0 spiro atoms. The summed E-state index contributed by atoms with van der Waals surface area (Å²) in [7, 11) is -3.80. The second-order valence-electron chi connectivity index (χ2n) is 6.24. The van der Waals surface area contributed by atoms with Crippen LogP contribution in [0.2, 0.25) is 0 Å². The third kappa shape index (κ3) is 6.05. The molecule has 0 aliphatic rings. The predicted octanol–water partition coefficient (Wildman–Crippen LogP) is 3.26. The highest BCUT2D eigenvalue weighted by Crippen LogP contribution is 2.25. The zero-order valence-electron chi connectivity index (χ0n) is 16.0. The van der Waals surface area contributed by atoms with Crippen molar-refractivity contribution in [3.63, 3.8) is 0 Å². The standard InChI is InChI=1S/C20H26N2O5S/c1-3-27-13-7-12-21-28(25,26)17-10-11-19(18(14-17)20(23)24)22-15(2)16-8-5-4-6-9-16/h4-6,8-11,14-15,21-22H,3,7,12-13H2,1-2H3,(H,23,24)/t15-/m1/s1. The molecule has 3 N–H and O–H groups in total. The average Bonchev–Trinajstić information content (AvgIpc) is 2.68. The number of carboxylic acids is 1. The van der Waals surface area contributed by atoms with Gasteiger partial charge in [-0.25, -0.2) is 17.9 Å². The number of carboxylic acid groups (broad SMARTS) is 1. The van der Waals surface area contributed by atoms with E-state index in [-0.39, 0.29) is 23.0 Å². The van der Waals surface area contributed by atoms with Gasteiger partial charge in [0.25, 0.3) is 0 Å². The smallest absolute Gasteiger partial charge is 0.337 e. The number of anilines is 1. The van der Waals surface area contributed by atoms with E-state index >= 15 is 0 Å². The molecule has 0 bridgehead atoms. The van der Waals surface area contributed by atoms with Crippen molar-refractivity contribution in [1.29, 1.82) is 0 Å². The number of aromatic carboxylic acids is 1. The van der Waals surface area contributed by atoms with Gasteiger partial charge in [0.05, 0.1) is 10.5 Å². The van der Waals surface area contributed by atoms with Gasteiger partial charge in [0.15, 0.2) is 0 Å². The Kier molecular flexibility index (Phi) is 7.98. The summed E-state index contributed by atoms with van der Waals surface area (Å²) in [5.74, 6) is -1.20. The summed E-state index contributed by atoms with van der Waals surface area (Å²) in [5.41, 5.74) is 1.26. The first kappa shape index (κ1) is 21.9. The monoisotopic (exact) mass is 406 g/mol. The summed E-state index contributed by atoms with van der Waals surface area (Å²) >= 11 is 0. The van der Waals surface area contributed by atoms with Crippen LogP contribution in [0.25, 0.3) is 0 Å². The molecule has 1 atom stereocenters. The summed E-state index contributed by atoms with van der Waals surface area (Å²) in [5, 5.41) is 12.7. The maximum atomic E-state index is 12.4. The van der Waals surface area contributed by atoms with Gasteiger partial charge in [-0.15, -0.1) is 0 Å². The summed E-state index contributed by atoms with van der Waals surface area (Å²) in [6.45, 7) is 5.03. The van der Waals surface area contributed by atoms with E-state index < -0.39 is 16.0 Å². The molecule has 0 aromatic heterocycles. The van der Waals surface area contributed by atoms with E-state index in [2.05, 4.69) is 10.0 Å². The van der Waals surface area contributed by atoms with Crippen LogP contribution in [0.4, 0.5) is 5.69 Å². The molecule has 0 aliphatic heterocycles. The van der Waals surface area contributed by atoms with Crippen molar-refractivity contribution in [2.75, 3.05) is 25.1 Å². The number of benzene rings is 2. The first-order valence-electron chi connectivity index (χ1n) is 9.11. The fourth-order valence-electron chi connectivity index (χ4n) is 2.66. The molecule has 0 fully saturated rings. The van der Waals surface area contributed by atoms with Crippen LogP contribution in [-0.2, 0) is 14.8 Å². The maximum absolute atomic E-state index is 12.4. The number of nitrogens with one attached hydrogen (secondary N) is 2. The zero-order valence-corrected chi connectivity index (χ0v) is 16.8. The molecular weight excluding hydrogens is 380 g/mol. The highest BCUT2D eigenvalue weighted by atomic mass is 32.2. The van der Waals surface area contributed by atoms with Crippen LogP contribution >= 0.6 is 0 Å². The molecule has 0 amide bonds. The van der Waals surface area contributed by atoms with Gasteiger partial charge in [-0.1, -0.05) is 30.3 Å². The Morgan fingerprint density at radius 2 is 1.89 bits per heavy atom. The lowest BCUT2D eigenvalue weighted by Crippen LogP contribution is -2.26. The Morgan fingerprint density at radius 3 is 2.54 bits per heavy atom. The van der Waals surface area contributed by atoms with E-state index in [1.807, 2.05) is 44.2 Å². The van der Waals surface area contributed by atoms with Gasteiger partial charge < -0.3 is 15.2 Å². The predicted molar refractivity (Wildman–Crippen MR) is 108 cm³/mol. The Morgan fingerprint density at radius 1 is 1.18 bits per heavy atom. The van der Waals surface area contributed by atoms with Gasteiger partial charge >= 0.3 is 5.97 Å². The molecule has 7 nitrogen and oxygen atoms in total. The molecule has 8 heteroatoms. The molecule has 2 aromatic carbocycles. The van der Waals surface area contributed by atoms with Crippen LogP contribution in [-0.4, -0.2) is 39.3 Å². The molecular formula is C20H26N2O5S. The number of hydrogen-bond acceptors (Lipinski definition) is 5. The first-order chi connectivity index (χ1) is 13.3. The fourth-order valence-corrected chi connectivity index (χ4v) is 3.76. The van der Waals surface area contributed by atoms with Gasteiger partial charge in [0.1, 0.15) is 0 Å². The third-order valence-electron chi connectivity index (χ3n) is 4.16. The number of hydrogen-bond donors (Lipinski definition) is 3. The minimum absolute atomic E-state index is 0.0841. The van der Waals surface area contributed by atoms with E-state index in [0.29, 0.717) is 25.3 Å². The van der Waals surface area contributed by atoms with Crippen molar-refractivity contribution in [1.82, 2.24) is 4.72 Å². The Hall–Kier alpha value is -2.42. The lowest BCUT2D eigenvalue weighted by atomic mass is 10.1. The normalized spacial score (nSPS) is 12.5. The fraction of sp³-hybridized carbons (Fsp3) is 0.350. The topological polar surface area (TPSA) is 105 Å². The quantitative estimate of drug-likeness (QED) is 0.495. The largest absolute Gasteiger partial charge is 0.478 e. The molecule has 152 valence electrons. The van der Waals surface area contributed by atoms with Gasteiger partial charge in [-0.3, -0.25) is 0 Å². The highest BCUT2D eigenvalue weighted by molar-refractivity contribution is 7.89. The number of rotatable bonds is 11. The van der Waals surface area contributed by atoms with Gasteiger partial charge in [-0.05, 0) is 44.0 Å². The van der Waals surface area contributed by atoms with Crippen molar-refractivity contribution in [3.8, 4) is 0 Å². The Bertz CT molecular complexity index is 885. The first-order valence-corrected chi connectivity index (χ1v) is 10.6. The summed E-state index contributed by atoms with van der Waals surface area (Å²) < 4.78 is 32.5. The maximum Gasteiger partial charge on any atom is 0.337 e.